The van der Waals surface area contributed by atoms with Gasteiger partial charge < -0.3 is 5.32 Å². The van der Waals surface area contributed by atoms with Gasteiger partial charge in [-0.25, -0.2) is 8.78 Å². The van der Waals surface area contributed by atoms with Crippen molar-refractivity contribution in [3.05, 3.63) is 35.4 Å². The van der Waals surface area contributed by atoms with Gasteiger partial charge in [0.25, 0.3) is 5.92 Å². The van der Waals surface area contributed by atoms with Gasteiger partial charge in [0.2, 0.25) is 0 Å². The second-order valence-corrected chi connectivity index (χ2v) is 5.35. The van der Waals surface area contributed by atoms with E-state index in [1.54, 1.807) is 0 Å². The fraction of sp³-hybridized carbons (Fsp3) is 0.571. The van der Waals surface area contributed by atoms with Crippen molar-refractivity contribution in [3.63, 3.8) is 0 Å². The van der Waals surface area contributed by atoms with Crippen molar-refractivity contribution >= 4 is 0 Å². The van der Waals surface area contributed by atoms with E-state index in [0.29, 0.717) is 19.6 Å². The molecule has 18 heavy (non-hydrogen) atoms. The molecule has 1 atom stereocenters. The Hall–Kier alpha value is -1.00. The average molecular weight is 252 g/mol. The van der Waals surface area contributed by atoms with Crippen LogP contribution in [0.4, 0.5) is 8.78 Å². The third-order valence-electron chi connectivity index (χ3n) is 4.01. The number of nitrogens with zero attached hydrogens (tertiary/aromatic N) is 1. The summed E-state index contributed by atoms with van der Waals surface area (Å²) in [6, 6.07) is 8.21. The maximum absolute atomic E-state index is 13.8. The summed E-state index contributed by atoms with van der Waals surface area (Å²) in [5, 5.41) is 3.08. The number of halogens is 2. The minimum atomic E-state index is -2.51. The summed E-state index contributed by atoms with van der Waals surface area (Å²) in [6.07, 6.45) is -0.0293. The van der Waals surface area contributed by atoms with E-state index < -0.39 is 11.8 Å². The molecule has 0 saturated carbocycles. The van der Waals surface area contributed by atoms with Crippen molar-refractivity contribution in [2.75, 3.05) is 19.6 Å². The normalized spacial score (nSPS) is 27.1. The topological polar surface area (TPSA) is 15.3 Å². The Balaban J connectivity index is 1.65. The van der Waals surface area contributed by atoms with Gasteiger partial charge in [0.1, 0.15) is 0 Å². The molecule has 0 radical (unpaired) electrons. The molecule has 1 aromatic rings. The first-order valence-electron chi connectivity index (χ1n) is 6.53. The highest BCUT2D eigenvalue weighted by Crippen LogP contribution is 2.33. The van der Waals surface area contributed by atoms with Crippen LogP contribution in [-0.2, 0) is 13.1 Å². The summed E-state index contributed by atoms with van der Waals surface area (Å²) >= 11 is 0. The summed E-state index contributed by atoms with van der Waals surface area (Å²) in [5.74, 6) is -3.07. The Labute approximate surface area is 106 Å². The molecule has 2 nitrogen and oxygen atoms in total. The Morgan fingerprint density at radius 3 is 2.50 bits per heavy atom. The van der Waals surface area contributed by atoms with Gasteiger partial charge in [-0.3, -0.25) is 4.90 Å². The number of hydrogen-bond donors (Lipinski definition) is 1. The molecule has 4 heteroatoms. The Bertz CT molecular complexity index is 409. The van der Waals surface area contributed by atoms with Gasteiger partial charge in [0, 0.05) is 45.1 Å². The number of piperidine rings is 1. The Morgan fingerprint density at radius 2 is 1.89 bits per heavy atom. The van der Waals surface area contributed by atoms with Crippen LogP contribution in [0, 0.1) is 5.92 Å². The molecule has 1 aromatic carbocycles. The Kier molecular flexibility index (Phi) is 3.08. The van der Waals surface area contributed by atoms with Crippen LogP contribution in [-0.4, -0.2) is 30.5 Å². The van der Waals surface area contributed by atoms with Crippen molar-refractivity contribution in [2.24, 2.45) is 5.92 Å². The first kappa shape index (κ1) is 12.1. The van der Waals surface area contributed by atoms with Crippen molar-refractivity contribution in [2.45, 2.75) is 25.4 Å². The lowest BCUT2D eigenvalue weighted by molar-refractivity contribution is -0.0877. The van der Waals surface area contributed by atoms with Gasteiger partial charge in [-0.1, -0.05) is 24.3 Å². The lowest BCUT2D eigenvalue weighted by Gasteiger charge is -2.34. The third kappa shape index (κ3) is 2.27. The van der Waals surface area contributed by atoms with Gasteiger partial charge in [-0.15, -0.1) is 0 Å². The average Bonchev–Trinajstić information content (AvgIpc) is 2.74. The van der Waals surface area contributed by atoms with E-state index in [2.05, 4.69) is 22.3 Å². The highest BCUT2D eigenvalue weighted by molar-refractivity contribution is 5.30. The molecule has 1 unspecified atom stereocenters. The van der Waals surface area contributed by atoms with E-state index in [1.165, 1.54) is 11.1 Å². The number of alkyl halides is 2. The number of nitrogens with one attached hydrogen (secondary N) is 1. The van der Waals surface area contributed by atoms with Crippen molar-refractivity contribution in [1.29, 1.82) is 0 Å². The molecule has 3 rings (SSSR count). The zero-order valence-electron chi connectivity index (χ0n) is 10.3. The molecular formula is C14H18F2N2. The minimum Gasteiger partial charge on any atom is -0.316 e. The molecule has 1 fully saturated rings. The first-order chi connectivity index (χ1) is 8.65. The molecule has 1 N–H and O–H groups in total. The largest absolute Gasteiger partial charge is 0.316 e. The maximum atomic E-state index is 13.8. The van der Waals surface area contributed by atoms with Gasteiger partial charge >= 0.3 is 0 Å². The second-order valence-electron chi connectivity index (χ2n) is 5.35. The van der Waals surface area contributed by atoms with Crippen LogP contribution >= 0.6 is 0 Å². The van der Waals surface area contributed by atoms with Crippen LogP contribution in [0.25, 0.3) is 0 Å². The fourth-order valence-corrected chi connectivity index (χ4v) is 2.93. The first-order valence-corrected chi connectivity index (χ1v) is 6.53. The minimum absolute atomic E-state index is 0.0293. The molecule has 1 saturated heterocycles. The van der Waals surface area contributed by atoms with Crippen LogP contribution in [0.2, 0.25) is 0 Å². The molecule has 2 aliphatic heterocycles. The predicted molar refractivity (Wildman–Crippen MR) is 66.5 cm³/mol. The van der Waals surface area contributed by atoms with Crippen LogP contribution < -0.4 is 5.32 Å². The number of fused-ring (bicyclic) bond motifs is 1. The van der Waals surface area contributed by atoms with Gasteiger partial charge in [0.05, 0.1) is 0 Å². The van der Waals surface area contributed by atoms with Crippen LogP contribution in [0.5, 0.6) is 0 Å². The van der Waals surface area contributed by atoms with E-state index in [1.807, 2.05) is 12.1 Å². The van der Waals surface area contributed by atoms with Crippen molar-refractivity contribution in [3.8, 4) is 0 Å². The standard InChI is InChI=1S/C14H18F2N2/c15-14(16)5-6-17-7-13(14)10-18-8-11-3-1-2-4-12(11)9-18/h1-4,13,17H,5-10H2. The molecule has 0 aromatic heterocycles. The second kappa shape index (κ2) is 4.59. The molecule has 0 aliphatic carbocycles. The van der Waals surface area contributed by atoms with E-state index in [4.69, 9.17) is 0 Å². The van der Waals surface area contributed by atoms with E-state index in [-0.39, 0.29) is 6.42 Å². The molecular weight excluding hydrogens is 234 g/mol. The molecule has 0 spiro atoms. The number of benzene rings is 1. The number of hydrogen-bond acceptors (Lipinski definition) is 2. The summed E-state index contributed by atoms with van der Waals surface area (Å²) in [6.45, 7) is 2.96. The highest BCUT2D eigenvalue weighted by Gasteiger charge is 2.42. The van der Waals surface area contributed by atoms with Crippen LogP contribution in [0.1, 0.15) is 17.5 Å². The van der Waals surface area contributed by atoms with Gasteiger partial charge in [-0.05, 0) is 11.1 Å². The monoisotopic (exact) mass is 252 g/mol. The number of rotatable bonds is 2. The lowest BCUT2D eigenvalue weighted by Crippen LogP contribution is -2.48. The smallest absolute Gasteiger partial charge is 0.254 e. The van der Waals surface area contributed by atoms with E-state index in [9.17, 15) is 8.78 Å². The lowest BCUT2D eigenvalue weighted by atomic mass is 9.94. The third-order valence-corrected chi connectivity index (χ3v) is 4.01. The van der Waals surface area contributed by atoms with Gasteiger partial charge in [-0.2, -0.15) is 0 Å². The van der Waals surface area contributed by atoms with Crippen molar-refractivity contribution in [1.82, 2.24) is 10.2 Å². The van der Waals surface area contributed by atoms with E-state index >= 15 is 0 Å². The van der Waals surface area contributed by atoms with Crippen LogP contribution in [0.3, 0.4) is 0 Å². The summed E-state index contributed by atoms with van der Waals surface area (Å²) in [4.78, 5) is 2.14. The summed E-state index contributed by atoms with van der Waals surface area (Å²) < 4.78 is 27.6. The summed E-state index contributed by atoms with van der Waals surface area (Å²) in [7, 11) is 0. The molecule has 0 bridgehead atoms. The van der Waals surface area contributed by atoms with Crippen molar-refractivity contribution < 1.29 is 8.78 Å². The fourth-order valence-electron chi connectivity index (χ4n) is 2.93. The molecule has 98 valence electrons. The van der Waals surface area contributed by atoms with Gasteiger partial charge in [0.15, 0.2) is 0 Å². The molecule has 2 heterocycles. The maximum Gasteiger partial charge on any atom is 0.254 e. The zero-order valence-corrected chi connectivity index (χ0v) is 10.3. The SMILES string of the molecule is FC1(F)CCNCC1CN1Cc2ccccc2C1. The predicted octanol–water partition coefficient (Wildman–Crippen LogP) is 2.25. The van der Waals surface area contributed by atoms with Crippen LogP contribution in [0.15, 0.2) is 24.3 Å². The van der Waals surface area contributed by atoms with E-state index in [0.717, 1.165) is 13.1 Å². The quantitative estimate of drug-likeness (QED) is 0.868. The Morgan fingerprint density at radius 1 is 1.22 bits per heavy atom. The zero-order chi connectivity index (χ0) is 12.6. The summed E-state index contributed by atoms with van der Waals surface area (Å²) in [5.41, 5.74) is 2.56. The molecule has 2 aliphatic rings. The molecule has 0 amide bonds. The highest BCUT2D eigenvalue weighted by atomic mass is 19.3.